The fourth-order valence-corrected chi connectivity index (χ4v) is 2.43. The average molecular weight is 303 g/mol. The lowest BCUT2D eigenvalue weighted by Crippen LogP contribution is -2.41. The maximum Gasteiger partial charge on any atom is 0.251 e. The van der Waals surface area contributed by atoms with Crippen LogP contribution in [0.25, 0.3) is 0 Å². The number of rotatable bonds is 5. The van der Waals surface area contributed by atoms with Crippen molar-refractivity contribution in [2.24, 2.45) is 0 Å². The molecule has 1 aliphatic heterocycles. The molecule has 1 saturated heterocycles. The number of carbonyl (C=O) groups excluding carboxylic acids is 2. The third kappa shape index (κ3) is 4.56. The molecule has 0 aromatic heterocycles. The molecule has 0 radical (unpaired) electrons. The molecule has 0 spiro atoms. The van der Waals surface area contributed by atoms with Crippen molar-refractivity contribution in [3.8, 4) is 0 Å². The summed E-state index contributed by atoms with van der Waals surface area (Å²) in [4.78, 5) is 25.5. The van der Waals surface area contributed by atoms with Gasteiger partial charge in [-0.1, -0.05) is 0 Å². The summed E-state index contributed by atoms with van der Waals surface area (Å²) in [7, 11) is 0. The molecular weight excluding hydrogens is 278 g/mol. The molecule has 2 rings (SSSR count). The standard InChI is InChI=1S/C17H25N3O2/c1-17(2,3)19-11-10-18-16(22)13-6-8-14(9-7-13)20-12-4-5-15(20)21/h6-9,19H,4-5,10-12H2,1-3H3,(H,18,22). The molecule has 0 atom stereocenters. The van der Waals surface area contributed by atoms with Gasteiger partial charge in [-0.05, 0) is 51.5 Å². The van der Waals surface area contributed by atoms with Crippen molar-refractivity contribution in [3.63, 3.8) is 0 Å². The van der Waals surface area contributed by atoms with E-state index in [1.807, 2.05) is 12.1 Å². The Morgan fingerprint density at radius 3 is 2.41 bits per heavy atom. The highest BCUT2D eigenvalue weighted by Crippen LogP contribution is 2.21. The molecule has 1 fully saturated rings. The second-order valence-electron chi connectivity index (χ2n) is 6.63. The summed E-state index contributed by atoms with van der Waals surface area (Å²) in [5.41, 5.74) is 1.54. The summed E-state index contributed by atoms with van der Waals surface area (Å²) in [6.45, 7) is 8.36. The monoisotopic (exact) mass is 303 g/mol. The van der Waals surface area contributed by atoms with Gasteiger partial charge in [0.05, 0.1) is 0 Å². The topological polar surface area (TPSA) is 61.4 Å². The maximum absolute atomic E-state index is 12.0. The van der Waals surface area contributed by atoms with Gasteiger partial charge in [-0.2, -0.15) is 0 Å². The van der Waals surface area contributed by atoms with Gasteiger partial charge in [0.15, 0.2) is 0 Å². The molecule has 120 valence electrons. The summed E-state index contributed by atoms with van der Waals surface area (Å²) < 4.78 is 0. The first kappa shape index (κ1) is 16.5. The van der Waals surface area contributed by atoms with Crippen LogP contribution in [0.2, 0.25) is 0 Å². The number of carbonyl (C=O) groups is 2. The number of amides is 2. The van der Waals surface area contributed by atoms with Crippen LogP contribution in [0.3, 0.4) is 0 Å². The zero-order chi connectivity index (χ0) is 16.2. The lowest BCUT2D eigenvalue weighted by atomic mass is 10.1. The molecule has 0 bridgehead atoms. The van der Waals surface area contributed by atoms with Crippen molar-refractivity contribution in [1.82, 2.24) is 10.6 Å². The van der Waals surface area contributed by atoms with Crippen LogP contribution >= 0.6 is 0 Å². The summed E-state index contributed by atoms with van der Waals surface area (Å²) in [6.07, 6.45) is 1.52. The van der Waals surface area contributed by atoms with E-state index in [9.17, 15) is 9.59 Å². The fourth-order valence-electron chi connectivity index (χ4n) is 2.43. The Bertz CT molecular complexity index is 532. The quantitative estimate of drug-likeness (QED) is 0.817. The van der Waals surface area contributed by atoms with Crippen molar-refractivity contribution in [3.05, 3.63) is 29.8 Å². The summed E-state index contributed by atoms with van der Waals surface area (Å²) in [6, 6.07) is 7.22. The normalized spacial score (nSPS) is 15.2. The molecule has 2 N–H and O–H groups in total. The Morgan fingerprint density at radius 2 is 1.86 bits per heavy atom. The van der Waals surface area contributed by atoms with E-state index in [4.69, 9.17) is 0 Å². The van der Waals surface area contributed by atoms with Crippen molar-refractivity contribution < 1.29 is 9.59 Å². The largest absolute Gasteiger partial charge is 0.351 e. The van der Waals surface area contributed by atoms with Gasteiger partial charge in [0.25, 0.3) is 5.91 Å². The van der Waals surface area contributed by atoms with Gasteiger partial charge < -0.3 is 15.5 Å². The molecule has 2 amide bonds. The van der Waals surface area contributed by atoms with Crippen molar-refractivity contribution in [2.45, 2.75) is 39.2 Å². The van der Waals surface area contributed by atoms with E-state index in [-0.39, 0.29) is 17.4 Å². The number of nitrogens with one attached hydrogen (secondary N) is 2. The molecule has 1 aromatic rings. The highest BCUT2D eigenvalue weighted by Gasteiger charge is 2.21. The van der Waals surface area contributed by atoms with Crippen molar-refractivity contribution in [1.29, 1.82) is 0 Å². The van der Waals surface area contributed by atoms with Gasteiger partial charge in [0.1, 0.15) is 0 Å². The summed E-state index contributed by atoms with van der Waals surface area (Å²) >= 11 is 0. The smallest absolute Gasteiger partial charge is 0.251 e. The molecule has 5 heteroatoms. The van der Waals surface area contributed by atoms with Gasteiger partial charge >= 0.3 is 0 Å². The van der Waals surface area contributed by atoms with Crippen LogP contribution in [0.4, 0.5) is 5.69 Å². The van der Waals surface area contributed by atoms with Crippen molar-refractivity contribution in [2.75, 3.05) is 24.5 Å². The molecule has 0 aliphatic carbocycles. The molecule has 0 saturated carbocycles. The molecule has 22 heavy (non-hydrogen) atoms. The van der Waals surface area contributed by atoms with Crippen LogP contribution in [-0.4, -0.2) is 37.0 Å². The second kappa shape index (κ2) is 6.92. The Morgan fingerprint density at radius 1 is 1.18 bits per heavy atom. The lowest BCUT2D eigenvalue weighted by molar-refractivity contribution is -0.117. The highest BCUT2D eigenvalue weighted by molar-refractivity contribution is 5.97. The van der Waals surface area contributed by atoms with Gasteiger partial charge in [0, 0.05) is 42.8 Å². The third-order valence-corrected chi connectivity index (χ3v) is 3.58. The number of benzene rings is 1. The minimum atomic E-state index is -0.0880. The van der Waals surface area contributed by atoms with E-state index in [1.54, 1.807) is 17.0 Å². The zero-order valence-electron chi connectivity index (χ0n) is 13.6. The van der Waals surface area contributed by atoms with Gasteiger partial charge in [-0.25, -0.2) is 0 Å². The molecule has 1 heterocycles. The minimum absolute atomic E-state index is 0.0502. The summed E-state index contributed by atoms with van der Waals surface area (Å²) in [5, 5.41) is 6.21. The molecule has 1 aliphatic rings. The Balaban J connectivity index is 1.85. The fraction of sp³-hybridized carbons (Fsp3) is 0.529. The third-order valence-electron chi connectivity index (χ3n) is 3.58. The van der Waals surface area contributed by atoms with E-state index in [2.05, 4.69) is 31.4 Å². The van der Waals surface area contributed by atoms with Crippen LogP contribution in [-0.2, 0) is 4.79 Å². The van der Waals surface area contributed by atoms with Crippen LogP contribution in [0.5, 0.6) is 0 Å². The van der Waals surface area contributed by atoms with E-state index in [0.29, 0.717) is 18.5 Å². The van der Waals surface area contributed by atoms with Crippen LogP contribution in [0.15, 0.2) is 24.3 Å². The van der Waals surface area contributed by atoms with E-state index < -0.39 is 0 Å². The van der Waals surface area contributed by atoms with Crippen LogP contribution in [0.1, 0.15) is 44.0 Å². The first-order valence-corrected chi connectivity index (χ1v) is 7.80. The number of hydrogen-bond acceptors (Lipinski definition) is 3. The van der Waals surface area contributed by atoms with Gasteiger partial charge in [-0.3, -0.25) is 9.59 Å². The Labute approximate surface area is 132 Å². The van der Waals surface area contributed by atoms with Gasteiger partial charge in [0.2, 0.25) is 5.91 Å². The minimum Gasteiger partial charge on any atom is -0.351 e. The molecule has 1 aromatic carbocycles. The first-order valence-electron chi connectivity index (χ1n) is 7.80. The van der Waals surface area contributed by atoms with Gasteiger partial charge in [-0.15, -0.1) is 0 Å². The van der Waals surface area contributed by atoms with E-state index in [0.717, 1.165) is 25.2 Å². The Kier molecular flexibility index (Phi) is 5.19. The van der Waals surface area contributed by atoms with E-state index >= 15 is 0 Å². The van der Waals surface area contributed by atoms with E-state index in [1.165, 1.54) is 0 Å². The first-order chi connectivity index (χ1) is 10.4. The predicted octanol–water partition coefficient (Wildman–Crippen LogP) is 1.93. The number of hydrogen-bond donors (Lipinski definition) is 2. The Hall–Kier alpha value is -1.88. The lowest BCUT2D eigenvalue weighted by Gasteiger charge is -2.20. The number of nitrogens with zero attached hydrogens (tertiary/aromatic N) is 1. The SMILES string of the molecule is CC(C)(C)NCCNC(=O)c1ccc(N2CCCC2=O)cc1. The highest BCUT2D eigenvalue weighted by atomic mass is 16.2. The van der Waals surface area contributed by atoms with Crippen LogP contribution < -0.4 is 15.5 Å². The molecular formula is C17H25N3O2. The maximum atomic E-state index is 12.0. The number of anilines is 1. The average Bonchev–Trinajstić information content (AvgIpc) is 2.89. The van der Waals surface area contributed by atoms with Crippen molar-refractivity contribution >= 4 is 17.5 Å². The molecule has 5 nitrogen and oxygen atoms in total. The van der Waals surface area contributed by atoms with Crippen LogP contribution in [0, 0.1) is 0 Å². The summed E-state index contributed by atoms with van der Waals surface area (Å²) in [5.74, 6) is 0.0699. The molecule has 0 unspecified atom stereocenters. The zero-order valence-corrected chi connectivity index (χ0v) is 13.6. The second-order valence-corrected chi connectivity index (χ2v) is 6.63. The predicted molar refractivity (Wildman–Crippen MR) is 88.1 cm³/mol.